The van der Waals surface area contributed by atoms with Crippen molar-refractivity contribution in [2.75, 3.05) is 30.5 Å². The van der Waals surface area contributed by atoms with Crippen LogP contribution in [0.15, 0.2) is 41.3 Å². The van der Waals surface area contributed by atoms with Crippen LogP contribution in [0.2, 0.25) is 0 Å². The van der Waals surface area contributed by atoms with Gasteiger partial charge in [-0.25, -0.2) is 8.42 Å². The van der Waals surface area contributed by atoms with E-state index in [1.165, 1.54) is 6.07 Å². The van der Waals surface area contributed by atoms with Crippen LogP contribution in [0, 0.1) is 0 Å². The molecule has 0 bridgehead atoms. The van der Waals surface area contributed by atoms with Gasteiger partial charge in [0.15, 0.2) is 0 Å². The van der Waals surface area contributed by atoms with Crippen LogP contribution in [0.25, 0.3) is 10.8 Å². The Labute approximate surface area is 182 Å². The quantitative estimate of drug-likeness (QED) is 0.279. The van der Waals surface area contributed by atoms with Crippen LogP contribution in [0.1, 0.15) is 0 Å². The molecule has 12 heteroatoms. The van der Waals surface area contributed by atoms with Crippen molar-refractivity contribution >= 4 is 60.0 Å². The van der Waals surface area contributed by atoms with Crippen molar-refractivity contribution < 1.29 is 28.2 Å². The SMILES string of the molecule is CN(C)c1cccc2c(S(=O)(=O)N[C@@H](CSSC[C@H](N)C(=O)O)C(=O)O)cccc12. The van der Waals surface area contributed by atoms with Gasteiger partial charge in [0.2, 0.25) is 10.0 Å². The van der Waals surface area contributed by atoms with Crippen molar-refractivity contribution in [3.05, 3.63) is 36.4 Å². The molecule has 0 amide bonds. The van der Waals surface area contributed by atoms with Gasteiger partial charge in [-0.2, -0.15) is 4.72 Å². The highest BCUT2D eigenvalue weighted by molar-refractivity contribution is 8.76. The van der Waals surface area contributed by atoms with Gasteiger partial charge in [-0.05, 0) is 12.1 Å². The van der Waals surface area contributed by atoms with Gasteiger partial charge < -0.3 is 20.8 Å². The number of hydrogen-bond donors (Lipinski definition) is 4. The van der Waals surface area contributed by atoms with Gasteiger partial charge >= 0.3 is 11.9 Å². The summed E-state index contributed by atoms with van der Waals surface area (Å²) in [5.74, 6) is -2.52. The third-order valence-corrected chi connectivity index (χ3v) is 8.09. The van der Waals surface area contributed by atoms with Gasteiger partial charge in [0.05, 0.1) is 4.90 Å². The minimum Gasteiger partial charge on any atom is -0.480 e. The summed E-state index contributed by atoms with van der Waals surface area (Å²) in [5, 5.41) is 19.4. The van der Waals surface area contributed by atoms with Crippen LogP contribution < -0.4 is 15.4 Å². The number of hydrogen-bond acceptors (Lipinski definition) is 8. The van der Waals surface area contributed by atoms with Crippen LogP contribution in [-0.4, -0.2) is 68.3 Å². The number of carbonyl (C=O) groups is 2. The molecular weight excluding hydrogens is 450 g/mol. The van der Waals surface area contributed by atoms with Crippen molar-refractivity contribution in [1.29, 1.82) is 0 Å². The molecule has 9 nitrogen and oxygen atoms in total. The zero-order chi connectivity index (χ0) is 22.5. The molecule has 0 radical (unpaired) electrons. The van der Waals surface area contributed by atoms with E-state index in [1.54, 1.807) is 24.3 Å². The van der Waals surface area contributed by atoms with E-state index in [4.69, 9.17) is 10.8 Å². The number of sulfonamides is 1. The number of carboxylic acids is 2. The molecule has 0 spiro atoms. The molecule has 0 fully saturated rings. The van der Waals surface area contributed by atoms with Crippen LogP contribution in [0.5, 0.6) is 0 Å². The third kappa shape index (κ3) is 6.01. The van der Waals surface area contributed by atoms with Crippen LogP contribution >= 0.6 is 21.6 Å². The second kappa shape index (κ2) is 10.4. The van der Waals surface area contributed by atoms with Gasteiger partial charge in [-0.15, -0.1) is 0 Å². The number of anilines is 1. The number of nitrogens with one attached hydrogen (secondary N) is 1. The van der Waals surface area contributed by atoms with E-state index >= 15 is 0 Å². The first-order chi connectivity index (χ1) is 14.0. The second-order valence-corrected chi connectivity index (χ2v) is 10.8. The van der Waals surface area contributed by atoms with Crippen molar-refractivity contribution in [3.8, 4) is 0 Å². The predicted molar refractivity (Wildman–Crippen MR) is 121 cm³/mol. The average Bonchev–Trinajstić information content (AvgIpc) is 2.68. The molecule has 2 rings (SSSR count). The summed E-state index contributed by atoms with van der Waals surface area (Å²) < 4.78 is 28.2. The molecule has 5 N–H and O–H groups in total. The molecule has 2 aromatic rings. The average molecular weight is 474 g/mol. The van der Waals surface area contributed by atoms with E-state index < -0.39 is 34.0 Å². The lowest BCUT2D eigenvalue weighted by Gasteiger charge is -2.18. The highest BCUT2D eigenvalue weighted by Crippen LogP contribution is 2.30. The fourth-order valence-corrected chi connectivity index (χ4v) is 6.39. The number of carboxylic acid groups (broad SMARTS) is 2. The Morgan fingerprint density at radius 3 is 2.23 bits per heavy atom. The lowest BCUT2D eigenvalue weighted by atomic mass is 10.1. The maximum Gasteiger partial charge on any atom is 0.322 e. The Morgan fingerprint density at radius 1 is 1.03 bits per heavy atom. The first-order valence-electron chi connectivity index (χ1n) is 8.71. The first kappa shape index (κ1) is 24.3. The number of nitrogens with two attached hydrogens (primary N) is 1. The number of nitrogens with zero attached hydrogens (tertiary/aromatic N) is 1. The molecule has 0 aliphatic rings. The number of rotatable bonds is 11. The lowest BCUT2D eigenvalue weighted by Crippen LogP contribution is -2.42. The van der Waals surface area contributed by atoms with E-state index in [1.807, 2.05) is 25.1 Å². The summed E-state index contributed by atoms with van der Waals surface area (Å²) in [6.45, 7) is 0. The fourth-order valence-electron chi connectivity index (χ4n) is 2.60. The molecule has 164 valence electrons. The van der Waals surface area contributed by atoms with Gasteiger partial charge in [-0.1, -0.05) is 45.9 Å². The Hall–Kier alpha value is -1.99. The van der Waals surface area contributed by atoms with Crippen molar-refractivity contribution in [2.24, 2.45) is 5.73 Å². The highest BCUT2D eigenvalue weighted by atomic mass is 33.1. The summed E-state index contributed by atoms with van der Waals surface area (Å²) >= 11 is 0. The van der Waals surface area contributed by atoms with Gasteiger partial charge in [0, 0.05) is 42.1 Å². The Bertz CT molecular complexity index is 1030. The Kier molecular flexibility index (Phi) is 8.38. The predicted octanol–water partition coefficient (Wildman–Crippen LogP) is 1.43. The van der Waals surface area contributed by atoms with Crippen molar-refractivity contribution in [2.45, 2.75) is 17.0 Å². The largest absolute Gasteiger partial charge is 0.480 e. The monoisotopic (exact) mass is 473 g/mol. The fraction of sp³-hybridized carbons (Fsp3) is 0.333. The van der Waals surface area contributed by atoms with Crippen LogP contribution in [-0.2, 0) is 19.6 Å². The number of benzene rings is 2. The second-order valence-electron chi connectivity index (χ2n) is 6.55. The van der Waals surface area contributed by atoms with E-state index in [9.17, 15) is 23.1 Å². The van der Waals surface area contributed by atoms with Crippen LogP contribution in [0.4, 0.5) is 5.69 Å². The zero-order valence-electron chi connectivity index (χ0n) is 16.3. The summed E-state index contributed by atoms with van der Waals surface area (Å²) in [5.41, 5.74) is 6.23. The van der Waals surface area contributed by atoms with Gasteiger partial charge in [-0.3, -0.25) is 9.59 Å². The third-order valence-electron chi connectivity index (χ3n) is 4.11. The van der Waals surface area contributed by atoms with Crippen LogP contribution in [0.3, 0.4) is 0 Å². The van der Waals surface area contributed by atoms with E-state index in [2.05, 4.69) is 4.72 Å². The van der Waals surface area contributed by atoms with Gasteiger partial charge in [0.25, 0.3) is 0 Å². The molecule has 0 aromatic heterocycles. The molecule has 0 saturated carbocycles. The standard InChI is InChI=1S/C18H23N3O6S3/c1-21(2)15-7-3-6-12-11(15)5-4-8-16(12)30(26,27)20-14(18(24)25)10-29-28-9-13(19)17(22)23/h3-8,13-14,20H,9-10,19H2,1-2H3,(H,22,23)(H,24,25)/t13-,14-/m0/s1. The summed E-state index contributed by atoms with van der Waals surface area (Å²) in [6.07, 6.45) is 0. The van der Waals surface area contributed by atoms with Gasteiger partial charge in [0.1, 0.15) is 12.1 Å². The molecule has 30 heavy (non-hydrogen) atoms. The minimum absolute atomic E-state index is 0.0134. The molecule has 2 aromatic carbocycles. The number of fused-ring (bicyclic) bond motifs is 1. The van der Waals surface area contributed by atoms with Crippen molar-refractivity contribution in [1.82, 2.24) is 4.72 Å². The topological polar surface area (TPSA) is 150 Å². The van der Waals surface area contributed by atoms with Crippen molar-refractivity contribution in [3.63, 3.8) is 0 Å². The molecule has 0 saturated heterocycles. The first-order valence-corrected chi connectivity index (χ1v) is 12.7. The van der Waals surface area contributed by atoms with E-state index in [0.717, 1.165) is 32.7 Å². The highest BCUT2D eigenvalue weighted by Gasteiger charge is 2.27. The Balaban J connectivity index is 2.22. The van der Waals surface area contributed by atoms with E-state index in [-0.39, 0.29) is 16.4 Å². The molecule has 0 aliphatic heterocycles. The molecule has 2 atom stereocenters. The smallest absolute Gasteiger partial charge is 0.322 e. The Morgan fingerprint density at radius 2 is 1.63 bits per heavy atom. The summed E-state index contributed by atoms with van der Waals surface area (Å²) in [6, 6.07) is 7.64. The van der Waals surface area contributed by atoms with E-state index in [0.29, 0.717) is 5.39 Å². The summed E-state index contributed by atoms with van der Waals surface area (Å²) in [7, 11) is 1.68. The molecule has 0 aliphatic carbocycles. The zero-order valence-corrected chi connectivity index (χ0v) is 18.8. The normalized spacial score (nSPS) is 13.7. The number of aliphatic carboxylic acids is 2. The molecule has 0 unspecified atom stereocenters. The molecular formula is C18H23N3O6S3. The maximum absolute atomic E-state index is 13.0. The summed E-state index contributed by atoms with van der Waals surface area (Å²) in [4.78, 5) is 24.1. The lowest BCUT2D eigenvalue weighted by molar-refractivity contribution is -0.139. The maximum atomic E-state index is 13.0. The molecule has 0 heterocycles. The minimum atomic E-state index is -4.13.